The average Bonchev–Trinajstić information content (AvgIpc) is 3.40. The van der Waals surface area contributed by atoms with Crippen LogP contribution in [-0.2, 0) is 14.1 Å². The number of imidazole rings is 1. The van der Waals surface area contributed by atoms with Crippen molar-refractivity contribution in [2.24, 2.45) is 19.1 Å². The molecule has 0 fully saturated rings. The number of aromatic nitrogens is 2. The van der Waals surface area contributed by atoms with Crippen LogP contribution in [0.3, 0.4) is 0 Å². The zero-order valence-corrected chi connectivity index (χ0v) is 27.8. The molecule has 0 aliphatic carbocycles. The lowest BCUT2D eigenvalue weighted by Gasteiger charge is -2.26. The maximum Gasteiger partial charge on any atom is 0.328 e. The van der Waals surface area contributed by atoms with Crippen LogP contribution in [0.4, 0.5) is 0 Å². The molecule has 240 valence electrons. The summed E-state index contributed by atoms with van der Waals surface area (Å²) in [6, 6.07) is 53.1. The molecule has 50 heavy (non-hydrogen) atoms. The largest absolute Gasteiger partial charge is 0.340 e. The third-order valence-electron chi connectivity index (χ3n) is 10.0. The highest BCUT2D eigenvalue weighted by Gasteiger charge is 2.25. The van der Waals surface area contributed by atoms with E-state index in [2.05, 4.69) is 151 Å². The second-order valence-corrected chi connectivity index (χ2v) is 12.9. The molecular weight excluding hydrogens is 613 g/mol. The molecule has 0 bridgehead atoms. The van der Waals surface area contributed by atoms with Crippen LogP contribution in [-0.4, -0.2) is 15.0 Å². The van der Waals surface area contributed by atoms with Crippen molar-refractivity contribution in [1.82, 2.24) is 14.5 Å². The van der Waals surface area contributed by atoms with Gasteiger partial charge in [0, 0.05) is 25.4 Å². The Morgan fingerprint density at radius 3 is 1.74 bits per heavy atom. The molecule has 5 heteroatoms. The highest BCUT2D eigenvalue weighted by molar-refractivity contribution is 6.16. The molecular formula is C45H34N4O. The van der Waals surface area contributed by atoms with E-state index in [1.54, 1.807) is 9.13 Å². The molecule has 0 saturated carbocycles. The Kier molecular flexibility index (Phi) is 7.06. The van der Waals surface area contributed by atoms with Crippen LogP contribution in [0.25, 0.3) is 60.5 Å². The van der Waals surface area contributed by atoms with Gasteiger partial charge in [-0.15, -0.1) is 0 Å². The zero-order chi connectivity index (χ0) is 33.8. The summed E-state index contributed by atoms with van der Waals surface area (Å²) in [7, 11) is 3.64. The van der Waals surface area contributed by atoms with E-state index in [-0.39, 0.29) is 11.7 Å². The number of hydrogen-bond donors (Lipinski definition) is 1. The Labute approximate surface area is 290 Å². The van der Waals surface area contributed by atoms with Gasteiger partial charge in [-0.05, 0) is 79.2 Å². The van der Waals surface area contributed by atoms with Gasteiger partial charge in [-0.25, -0.2) is 4.79 Å². The third kappa shape index (κ3) is 4.86. The first kappa shape index (κ1) is 29.7. The molecule has 1 atom stereocenters. The lowest BCUT2D eigenvalue weighted by Crippen LogP contribution is -2.27. The van der Waals surface area contributed by atoms with Crippen molar-refractivity contribution < 1.29 is 0 Å². The van der Waals surface area contributed by atoms with Crippen LogP contribution in [0.15, 0.2) is 168 Å². The molecule has 0 spiro atoms. The van der Waals surface area contributed by atoms with Crippen LogP contribution >= 0.6 is 0 Å². The first-order chi connectivity index (χ1) is 24.5. The van der Waals surface area contributed by atoms with E-state index in [1.807, 2.05) is 26.2 Å². The molecule has 0 saturated heterocycles. The minimum absolute atomic E-state index is 0.0296. The number of hydrogen-bond acceptors (Lipinski definition) is 3. The van der Waals surface area contributed by atoms with Gasteiger partial charge in [0.05, 0.1) is 17.1 Å². The maximum absolute atomic E-state index is 12.6. The molecule has 1 aromatic heterocycles. The highest BCUT2D eigenvalue weighted by atomic mass is 16.1. The van der Waals surface area contributed by atoms with Crippen LogP contribution in [0, 0.1) is 0 Å². The Bertz CT molecular complexity index is 2660. The molecule has 8 aromatic rings. The fraction of sp³-hybridized carbons (Fsp3) is 0.0667. The number of aryl methyl sites for hydroxylation is 2. The van der Waals surface area contributed by atoms with Gasteiger partial charge in [-0.3, -0.25) is 14.1 Å². The summed E-state index contributed by atoms with van der Waals surface area (Å²) in [4.78, 5) is 18.1. The Hall–Kier alpha value is -6.46. The number of benzene rings is 7. The van der Waals surface area contributed by atoms with Gasteiger partial charge < -0.3 is 5.32 Å². The van der Waals surface area contributed by atoms with Crippen LogP contribution < -0.4 is 11.0 Å². The first-order valence-electron chi connectivity index (χ1n) is 16.9. The number of aliphatic imine (C=N–C) groups is 1. The van der Waals surface area contributed by atoms with Crippen molar-refractivity contribution in [2.45, 2.75) is 6.04 Å². The van der Waals surface area contributed by atoms with Crippen molar-refractivity contribution in [3.05, 3.63) is 185 Å². The Morgan fingerprint density at radius 2 is 1.06 bits per heavy atom. The summed E-state index contributed by atoms with van der Waals surface area (Å²) in [6.07, 6.45) is 2.27. The second kappa shape index (κ2) is 11.9. The highest BCUT2D eigenvalue weighted by Crippen LogP contribution is 2.44. The third-order valence-corrected chi connectivity index (χ3v) is 10.0. The van der Waals surface area contributed by atoms with Crippen LogP contribution in [0.5, 0.6) is 0 Å². The lowest BCUT2D eigenvalue weighted by molar-refractivity contribution is 0.795. The number of rotatable bonds is 5. The van der Waals surface area contributed by atoms with Crippen molar-refractivity contribution in [3.63, 3.8) is 0 Å². The van der Waals surface area contributed by atoms with E-state index >= 15 is 0 Å². The van der Waals surface area contributed by atoms with Crippen molar-refractivity contribution in [1.29, 1.82) is 0 Å². The lowest BCUT2D eigenvalue weighted by atomic mass is 9.85. The van der Waals surface area contributed by atoms with E-state index in [9.17, 15) is 4.79 Å². The van der Waals surface area contributed by atoms with E-state index in [0.717, 1.165) is 44.8 Å². The molecule has 1 aliphatic rings. The fourth-order valence-electron chi connectivity index (χ4n) is 7.54. The maximum atomic E-state index is 12.6. The van der Waals surface area contributed by atoms with Crippen molar-refractivity contribution in [3.8, 4) is 22.3 Å². The summed E-state index contributed by atoms with van der Waals surface area (Å²) in [5, 5.41) is 8.52. The number of amidine groups is 1. The standard InChI is InChI=1S/C45H34N4O/c1-48-40-25-24-32(27-41(40)49(2)45(48)50)31-18-13-19-33(26-31)38-28-39(47-44(46-38)30-16-7-4-8-17-30)43-36-22-11-9-20-34(36)42(29-14-5-3-6-15-29)35-21-10-12-23-37(35)43/h3-28,39H,1-2H3,(H,46,47). The second-order valence-electron chi connectivity index (χ2n) is 12.9. The van der Waals surface area contributed by atoms with E-state index < -0.39 is 0 Å². The summed E-state index contributed by atoms with van der Waals surface area (Å²) in [5.41, 5.74) is 10.7. The normalized spacial score (nSPS) is 14.5. The van der Waals surface area contributed by atoms with Crippen LogP contribution in [0.2, 0.25) is 0 Å². The molecule has 9 rings (SSSR count). The molecule has 1 aliphatic heterocycles. The molecule has 5 nitrogen and oxygen atoms in total. The van der Waals surface area contributed by atoms with Gasteiger partial charge in [0.2, 0.25) is 0 Å². The van der Waals surface area contributed by atoms with Gasteiger partial charge in [0.15, 0.2) is 0 Å². The molecule has 7 aromatic carbocycles. The fourth-order valence-corrected chi connectivity index (χ4v) is 7.54. The molecule has 0 radical (unpaired) electrons. The summed E-state index contributed by atoms with van der Waals surface area (Å²) in [5.74, 6) is 0.833. The minimum Gasteiger partial charge on any atom is -0.340 e. The summed E-state index contributed by atoms with van der Waals surface area (Å²) in [6.45, 7) is 0. The SMILES string of the molecule is Cn1c(=O)n(C)c2cc(-c3cccc(C4=CC(c5c6ccccc6c(-c6ccccc6)c6ccccc56)N=C(c5ccccc5)N4)c3)ccc21. The van der Waals surface area contributed by atoms with E-state index in [1.165, 1.54) is 38.2 Å². The van der Waals surface area contributed by atoms with Crippen molar-refractivity contribution >= 4 is 44.1 Å². The predicted molar refractivity (Wildman–Crippen MR) is 207 cm³/mol. The van der Waals surface area contributed by atoms with Gasteiger partial charge in [-0.2, -0.15) is 0 Å². The van der Waals surface area contributed by atoms with Gasteiger partial charge in [-0.1, -0.05) is 133 Å². The number of nitrogens with one attached hydrogen (secondary N) is 1. The van der Waals surface area contributed by atoms with Crippen LogP contribution in [0.1, 0.15) is 22.7 Å². The monoisotopic (exact) mass is 646 g/mol. The first-order valence-corrected chi connectivity index (χ1v) is 16.9. The smallest absolute Gasteiger partial charge is 0.328 e. The average molecular weight is 647 g/mol. The molecule has 0 amide bonds. The minimum atomic E-state index is -0.250. The summed E-state index contributed by atoms with van der Waals surface area (Å²) < 4.78 is 3.40. The number of nitrogens with zero attached hydrogens (tertiary/aromatic N) is 3. The molecule has 1 N–H and O–H groups in total. The quantitative estimate of drug-likeness (QED) is 0.189. The van der Waals surface area contributed by atoms with Gasteiger partial charge in [0.25, 0.3) is 0 Å². The van der Waals surface area contributed by atoms with E-state index in [4.69, 9.17) is 4.99 Å². The molecule has 1 unspecified atom stereocenters. The zero-order valence-electron chi connectivity index (χ0n) is 27.8. The number of fused-ring (bicyclic) bond motifs is 3. The van der Waals surface area contributed by atoms with Crippen molar-refractivity contribution in [2.75, 3.05) is 0 Å². The summed E-state index contributed by atoms with van der Waals surface area (Å²) >= 11 is 0. The Morgan fingerprint density at radius 1 is 0.520 bits per heavy atom. The topological polar surface area (TPSA) is 51.3 Å². The Balaban J connectivity index is 1.25. The van der Waals surface area contributed by atoms with Gasteiger partial charge in [0.1, 0.15) is 5.84 Å². The molecule has 2 heterocycles. The van der Waals surface area contributed by atoms with Gasteiger partial charge >= 0.3 is 5.69 Å². The van der Waals surface area contributed by atoms with E-state index in [0.29, 0.717) is 0 Å². The predicted octanol–water partition coefficient (Wildman–Crippen LogP) is 9.65.